The molecule has 1 saturated heterocycles. The summed E-state index contributed by atoms with van der Waals surface area (Å²) in [5.74, 6) is 1.99. The molecule has 5 nitrogen and oxygen atoms in total. The lowest BCUT2D eigenvalue weighted by atomic mass is 10.0. The summed E-state index contributed by atoms with van der Waals surface area (Å²) in [7, 11) is 0. The smallest absolute Gasteiger partial charge is 0.231 e. The molecule has 110 valence electrons. The van der Waals surface area contributed by atoms with Crippen LogP contribution in [0.1, 0.15) is 25.0 Å². The number of ether oxygens (including phenoxy) is 3. The van der Waals surface area contributed by atoms with Gasteiger partial charge in [0.1, 0.15) is 0 Å². The molecule has 1 fully saturated rings. The van der Waals surface area contributed by atoms with Gasteiger partial charge in [0.25, 0.3) is 0 Å². The second-order valence-corrected chi connectivity index (χ2v) is 5.41. The summed E-state index contributed by atoms with van der Waals surface area (Å²) in [6.45, 7) is 4.62. The number of fused-ring (bicyclic) bond motifs is 1. The van der Waals surface area contributed by atoms with Gasteiger partial charge in [0.15, 0.2) is 11.5 Å². The van der Waals surface area contributed by atoms with Gasteiger partial charge in [0.05, 0.1) is 12.2 Å². The van der Waals surface area contributed by atoms with Crippen LogP contribution in [0, 0.1) is 5.92 Å². The number of nitrogens with one attached hydrogen (secondary N) is 1. The summed E-state index contributed by atoms with van der Waals surface area (Å²) in [4.78, 5) is 0. The summed E-state index contributed by atoms with van der Waals surface area (Å²) >= 11 is 0. The van der Waals surface area contributed by atoms with Crippen molar-refractivity contribution in [1.82, 2.24) is 5.32 Å². The second kappa shape index (κ2) is 5.99. The average Bonchev–Trinajstić information content (AvgIpc) is 3.07. The third kappa shape index (κ3) is 2.90. The van der Waals surface area contributed by atoms with Crippen molar-refractivity contribution in [3.8, 4) is 11.5 Å². The van der Waals surface area contributed by atoms with E-state index in [0.29, 0.717) is 24.3 Å². The van der Waals surface area contributed by atoms with Crippen LogP contribution in [0.15, 0.2) is 18.2 Å². The first kappa shape index (κ1) is 13.7. The third-order valence-corrected chi connectivity index (χ3v) is 4.06. The highest BCUT2D eigenvalue weighted by Gasteiger charge is 2.24. The van der Waals surface area contributed by atoms with Crippen LogP contribution >= 0.6 is 0 Å². The summed E-state index contributed by atoms with van der Waals surface area (Å²) < 4.78 is 16.1. The van der Waals surface area contributed by atoms with Crippen LogP contribution in [0.4, 0.5) is 0 Å². The molecule has 2 aliphatic rings. The van der Waals surface area contributed by atoms with Crippen LogP contribution in [-0.2, 0) is 4.74 Å². The molecule has 0 amide bonds. The van der Waals surface area contributed by atoms with Gasteiger partial charge in [-0.05, 0) is 37.0 Å². The Morgan fingerprint density at radius 1 is 1.35 bits per heavy atom. The summed E-state index contributed by atoms with van der Waals surface area (Å²) in [6.07, 6.45) is 0.862. The zero-order valence-corrected chi connectivity index (χ0v) is 11.7. The maximum absolute atomic E-state index is 10.2. The van der Waals surface area contributed by atoms with E-state index in [1.165, 1.54) is 0 Å². The normalized spacial score (nSPS) is 25.9. The lowest BCUT2D eigenvalue weighted by Gasteiger charge is -2.17. The number of hydrogen-bond acceptors (Lipinski definition) is 5. The number of hydrogen-bond donors (Lipinski definition) is 2. The predicted octanol–water partition coefficient (Wildman–Crippen LogP) is 1.46. The van der Waals surface area contributed by atoms with E-state index in [2.05, 4.69) is 12.2 Å². The molecule has 3 atom stereocenters. The van der Waals surface area contributed by atoms with Crippen molar-refractivity contribution in [2.45, 2.75) is 25.6 Å². The van der Waals surface area contributed by atoms with Crippen LogP contribution in [0.25, 0.3) is 0 Å². The second-order valence-electron chi connectivity index (χ2n) is 5.41. The number of aliphatic hydroxyl groups is 1. The van der Waals surface area contributed by atoms with E-state index in [-0.39, 0.29) is 6.79 Å². The zero-order chi connectivity index (χ0) is 13.9. The fraction of sp³-hybridized carbons (Fsp3) is 0.600. The van der Waals surface area contributed by atoms with Gasteiger partial charge in [-0.2, -0.15) is 0 Å². The first-order chi connectivity index (χ1) is 9.74. The highest BCUT2D eigenvalue weighted by Crippen LogP contribution is 2.34. The van der Waals surface area contributed by atoms with E-state index < -0.39 is 6.10 Å². The third-order valence-electron chi connectivity index (χ3n) is 4.06. The molecule has 0 spiro atoms. The summed E-state index contributed by atoms with van der Waals surface area (Å²) in [6, 6.07) is 5.56. The molecule has 2 aliphatic heterocycles. The fourth-order valence-electron chi connectivity index (χ4n) is 2.69. The average molecular weight is 279 g/mol. The van der Waals surface area contributed by atoms with Gasteiger partial charge in [-0.25, -0.2) is 0 Å². The van der Waals surface area contributed by atoms with Gasteiger partial charge in [0.2, 0.25) is 6.79 Å². The molecule has 0 aromatic heterocycles. The molecule has 0 bridgehead atoms. The first-order valence-corrected chi connectivity index (χ1v) is 7.14. The van der Waals surface area contributed by atoms with Crippen LogP contribution in [0.5, 0.6) is 11.5 Å². The van der Waals surface area contributed by atoms with Crippen molar-refractivity contribution in [3.05, 3.63) is 23.8 Å². The van der Waals surface area contributed by atoms with Gasteiger partial charge >= 0.3 is 0 Å². The maximum atomic E-state index is 10.2. The van der Waals surface area contributed by atoms with E-state index in [1.54, 1.807) is 0 Å². The molecule has 2 N–H and O–H groups in total. The van der Waals surface area contributed by atoms with Gasteiger partial charge < -0.3 is 24.6 Å². The molecule has 0 saturated carbocycles. The molecule has 2 heterocycles. The Morgan fingerprint density at radius 3 is 3.00 bits per heavy atom. The van der Waals surface area contributed by atoms with Gasteiger partial charge in [-0.1, -0.05) is 6.07 Å². The number of rotatable bonds is 5. The minimum absolute atomic E-state index is 0.257. The lowest BCUT2D eigenvalue weighted by Crippen LogP contribution is -2.30. The number of benzene rings is 1. The Balaban J connectivity index is 1.50. The Morgan fingerprint density at radius 2 is 2.20 bits per heavy atom. The quantitative estimate of drug-likeness (QED) is 0.854. The van der Waals surface area contributed by atoms with Crippen molar-refractivity contribution in [1.29, 1.82) is 0 Å². The number of aliphatic hydroxyl groups excluding tert-OH is 1. The fourth-order valence-corrected chi connectivity index (χ4v) is 2.69. The van der Waals surface area contributed by atoms with Crippen LogP contribution in [-0.4, -0.2) is 37.7 Å². The molecule has 20 heavy (non-hydrogen) atoms. The van der Waals surface area contributed by atoms with E-state index in [9.17, 15) is 5.11 Å². The summed E-state index contributed by atoms with van der Waals surface area (Å²) in [5.41, 5.74) is 0.845. The van der Waals surface area contributed by atoms with E-state index in [0.717, 1.165) is 30.9 Å². The van der Waals surface area contributed by atoms with E-state index >= 15 is 0 Å². The van der Waals surface area contributed by atoms with Crippen molar-refractivity contribution in [2.75, 3.05) is 26.5 Å². The Hall–Kier alpha value is -1.30. The molecule has 5 heteroatoms. The van der Waals surface area contributed by atoms with Crippen molar-refractivity contribution in [2.24, 2.45) is 5.92 Å². The van der Waals surface area contributed by atoms with Crippen molar-refractivity contribution >= 4 is 0 Å². The van der Waals surface area contributed by atoms with Gasteiger partial charge in [0, 0.05) is 19.7 Å². The standard InChI is InChI=1S/C15H21NO4/c1-10-12(4-5-18-10)7-16-8-13(17)11-2-3-14-15(6-11)20-9-19-14/h2-3,6,10,12-13,16-17H,4-5,7-9H2,1H3. The molecule has 0 radical (unpaired) electrons. The molecule has 1 aromatic carbocycles. The minimum atomic E-state index is -0.540. The van der Waals surface area contributed by atoms with E-state index in [4.69, 9.17) is 14.2 Å². The predicted molar refractivity (Wildman–Crippen MR) is 73.9 cm³/mol. The maximum Gasteiger partial charge on any atom is 0.231 e. The largest absolute Gasteiger partial charge is 0.454 e. The molecular weight excluding hydrogens is 258 g/mol. The highest BCUT2D eigenvalue weighted by molar-refractivity contribution is 5.45. The first-order valence-electron chi connectivity index (χ1n) is 7.14. The van der Waals surface area contributed by atoms with Crippen molar-refractivity contribution < 1.29 is 19.3 Å². The van der Waals surface area contributed by atoms with Crippen LogP contribution in [0.3, 0.4) is 0 Å². The summed E-state index contributed by atoms with van der Waals surface area (Å²) in [5, 5.41) is 13.5. The minimum Gasteiger partial charge on any atom is -0.454 e. The van der Waals surface area contributed by atoms with Crippen molar-refractivity contribution in [3.63, 3.8) is 0 Å². The lowest BCUT2D eigenvalue weighted by molar-refractivity contribution is 0.103. The molecule has 0 aliphatic carbocycles. The van der Waals surface area contributed by atoms with Gasteiger partial charge in [-0.15, -0.1) is 0 Å². The molecular formula is C15H21NO4. The van der Waals surface area contributed by atoms with E-state index in [1.807, 2.05) is 18.2 Å². The Bertz CT molecular complexity index is 465. The Kier molecular flexibility index (Phi) is 4.10. The van der Waals surface area contributed by atoms with Crippen LogP contribution < -0.4 is 14.8 Å². The van der Waals surface area contributed by atoms with Crippen LogP contribution in [0.2, 0.25) is 0 Å². The van der Waals surface area contributed by atoms with Gasteiger partial charge in [-0.3, -0.25) is 0 Å². The monoisotopic (exact) mass is 279 g/mol. The molecule has 3 unspecified atom stereocenters. The zero-order valence-electron chi connectivity index (χ0n) is 11.7. The highest BCUT2D eigenvalue weighted by atomic mass is 16.7. The topological polar surface area (TPSA) is 60.0 Å². The molecule has 1 aromatic rings. The Labute approximate surface area is 118 Å². The molecule has 3 rings (SSSR count). The SMILES string of the molecule is CC1OCCC1CNCC(O)c1ccc2c(c1)OCO2.